The molecular weight excluding hydrogens is 176 g/mol. The summed E-state index contributed by atoms with van der Waals surface area (Å²) in [5.41, 5.74) is 2.19. The Morgan fingerprint density at radius 2 is 2.29 bits per heavy atom. The van der Waals surface area contributed by atoms with Gasteiger partial charge in [-0.2, -0.15) is 0 Å². The van der Waals surface area contributed by atoms with Crippen LogP contribution in [0.3, 0.4) is 0 Å². The first-order chi connectivity index (χ1) is 6.72. The van der Waals surface area contributed by atoms with Crippen molar-refractivity contribution in [3.8, 4) is 0 Å². The molecule has 0 radical (unpaired) electrons. The first kappa shape index (κ1) is 10.5. The molecule has 0 aliphatic carbocycles. The molecule has 0 unspecified atom stereocenters. The Kier molecular flexibility index (Phi) is 3.92. The summed E-state index contributed by atoms with van der Waals surface area (Å²) in [6.07, 6.45) is 3.08. The average Bonchev–Trinajstić information content (AvgIpc) is 2.15. The van der Waals surface area contributed by atoms with Crippen LogP contribution >= 0.6 is 0 Å². The van der Waals surface area contributed by atoms with E-state index in [2.05, 4.69) is 0 Å². The van der Waals surface area contributed by atoms with Crippen molar-refractivity contribution in [3.63, 3.8) is 0 Å². The summed E-state index contributed by atoms with van der Waals surface area (Å²) in [5.74, 6) is -0.297. The Bertz CT molecular complexity index is 340. The summed E-state index contributed by atoms with van der Waals surface area (Å²) >= 11 is 0. The monoisotopic (exact) mass is 190 g/mol. The molecule has 0 aromatic heterocycles. The van der Waals surface area contributed by atoms with Gasteiger partial charge in [0.15, 0.2) is 0 Å². The Labute approximate surface area is 84.2 Å². The topological polar surface area (TPSA) is 26.3 Å². The van der Waals surface area contributed by atoms with Crippen LogP contribution in [0.25, 0.3) is 0 Å². The highest BCUT2D eigenvalue weighted by Gasteiger charge is 1.97. The smallest absolute Gasteiger partial charge is 0.330 e. The molecule has 0 fully saturated rings. The molecule has 0 heterocycles. The number of aryl methyl sites for hydroxylation is 1. The maximum Gasteiger partial charge on any atom is 0.330 e. The molecule has 1 aromatic rings. The van der Waals surface area contributed by atoms with Crippen LogP contribution in [0.4, 0.5) is 0 Å². The number of carbonyl (C=O) groups is 1. The van der Waals surface area contributed by atoms with Gasteiger partial charge < -0.3 is 4.74 Å². The van der Waals surface area contributed by atoms with E-state index >= 15 is 0 Å². The van der Waals surface area contributed by atoms with Gasteiger partial charge in [0.25, 0.3) is 0 Å². The van der Waals surface area contributed by atoms with Crippen LogP contribution in [0.2, 0.25) is 0 Å². The predicted octanol–water partition coefficient (Wildman–Crippen LogP) is 2.61. The molecular formula is C12H14O2. The zero-order chi connectivity index (χ0) is 10.4. The van der Waals surface area contributed by atoms with Crippen LogP contribution in [0.15, 0.2) is 36.4 Å². The Hall–Kier alpha value is -1.57. The van der Waals surface area contributed by atoms with Crippen molar-refractivity contribution in [1.82, 2.24) is 0 Å². The second kappa shape index (κ2) is 5.22. The van der Waals surface area contributed by atoms with Gasteiger partial charge >= 0.3 is 5.97 Å². The predicted molar refractivity (Wildman–Crippen MR) is 55.8 cm³/mol. The lowest BCUT2D eigenvalue weighted by Crippen LogP contribution is -2.00. The van der Waals surface area contributed by atoms with E-state index in [1.807, 2.05) is 31.2 Å². The number of allylic oxidation sites excluding steroid dienone is 1. The lowest BCUT2D eigenvalue weighted by atomic mass is 10.1. The van der Waals surface area contributed by atoms with Crippen molar-refractivity contribution in [3.05, 3.63) is 47.5 Å². The van der Waals surface area contributed by atoms with Crippen LogP contribution in [-0.4, -0.2) is 5.97 Å². The molecule has 1 aromatic carbocycles. The van der Waals surface area contributed by atoms with E-state index in [9.17, 15) is 4.79 Å². The summed E-state index contributed by atoms with van der Waals surface area (Å²) in [7, 11) is 0. The van der Waals surface area contributed by atoms with Gasteiger partial charge in [-0.25, -0.2) is 4.79 Å². The van der Waals surface area contributed by atoms with E-state index in [1.54, 1.807) is 13.0 Å². The molecule has 1 rings (SSSR count). The molecule has 0 amide bonds. The van der Waals surface area contributed by atoms with Gasteiger partial charge in [-0.3, -0.25) is 0 Å². The summed E-state index contributed by atoms with van der Waals surface area (Å²) in [5, 5.41) is 0. The van der Waals surface area contributed by atoms with Crippen molar-refractivity contribution < 1.29 is 9.53 Å². The van der Waals surface area contributed by atoms with Crippen molar-refractivity contribution >= 4 is 5.97 Å². The second-order valence-corrected chi connectivity index (χ2v) is 3.10. The minimum Gasteiger partial charge on any atom is -0.458 e. The van der Waals surface area contributed by atoms with Crippen LogP contribution in [0.5, 0.6) is 0 Å². The largest absolute Gasteiger partial charge is 0.458 e. The quantitative estimate of drug-likeness (QED) is 0.541. The van der Waals surface area contributed by atoms with Crippen LogP contribution in [0, 0.1) is 6.92 Å². The van der Waals surface area contributed by atoms with E-state index < -0.39 is 0 Å². The van der Waals surface area contributed by atoms with Crippen molar-refractivity contribution in [2.75, 3.05) is 0 Å². The van der Waals surface area contributed by atoms with Gasteiger partial charge in [-0.05, 0) is 19.4 Å². The normalized spacial score (nSPS) is 10.4. The van der Waals surface area contributed by atoms with Gasteiger partial charge in [-0.15, -0.1) is 0 Å². The Morgan fingerprint density at radius 1 is 1.50 bits per heavy atom. The van der Waals surface area contributed by atoms with Crippen LogP contribution in [-0.2, 0) is 16.1 Å². The minimum absolute atomic E-state index is 0.297. The van der Waals surface area contributed by atoms with Crippen molar-refractivity contribution in [1.29, 1.82) is 0 Å². The molecule has 0 atom stereocenters. The van der Waals surface area contributed by atoms with Crippen LogP contribution in [0.1, 0.15) is 18.1 Å². The van der Waals surface area contributed by atoms with Crippen molar-refractivity contribution in [2.45, 2.75) is 20.5 Å². The van der Waals surface area contributed by atoms with E-state index in [-0.39, 0.29) is 5.97 Å². The molecule has 2 nitrogen and oxygen atoms in total. The van der Waals surface area contributed by atoms with Gasteiger partial charge in [0.2, 0.25) is 0 Å². The van der Waals surface area contributed by atoms with E-state index in [0.717, 1.165) is 5.56 Å². The van der Waals surface area contributed by atoms with E-state index in [0.29, 0.717) is 6.61 Å². The highest BCUT2D eigenvalue weighted by molar-refractivity contribution is 5.81. The fraction of sp³-hybridized carbons (Fsp3) is 0.250. The average molecular weight is 190 g/mol. The number of carbonyl (C=O) groups excluding carboxylic acids is 1. The number of hydrogen-bond donors (Lipinski definition) is 0. The first-order valence-electron chi connectivity index (χ1n) is 4.57. The zero-order valence-corrected chi connectivity index (χ0v) is 8.49. The van der Waals surface area contributed by atoms with Gasteiger partial charge in [0, 0.05) is 6.08 Å². The maximum absolute atomic E-state index is 11.0. The third kappa shape index (κ3) is 3.44. The number of esters is 1. The van der Waals surface area contributed by atoms with E-state index in [4.69, 9.17) is 4.74 Å². The maximum atomic E-state index is 11.0. The molecule has 14 heavy (non-hydrogen) atoms. The summed E-state index contributed by atoms with van der Waals surface area (Å²) in [6, 6.07) is 7.91. The third-order valence-electron chi connectivity index (χ3n) is 1.77. The van der Waals surface area contributed by atoms with Gasteiger partial charge in [0.05, 0.1) is 0 Å². The standard InChI is InChI=1S/C12H14O2/c1-3-5-12(13)14-9-11-7-4-6-10(2)8-11/h3-8H,9H2,1-2H3. The third-order valence-corrected chi connectivity index (χ3v) is 1.77. The molecule has 0 bridgehead atoms. The number of benzene rings is 1. The van der Waals surface area contributed by atoms with E-state index in [1.165, 1.54) is 11.6 Å². The molecule has 0 spiro atoms. The highest BCUT2D eigenvalue weighted by atomic mass is 16.5. The lowest BCUT2D eigenvalue weighted by Gasteiger charge is -2.02. The molecule has 0 N–H and O–H groups in total. The first-order valence-corrected chi connectivity index (χ1v) is 4.57. The summed E-state index contributed by atoms with van der Waals surface area (Å²) in [6.45, 7) is 4.13. The molecule has 2 heteroatoms. The molecule has 0 saturated carbocycles. The summed E-state index contributed by atoms with van der Waals surface area (Å²) < 4.78 is 5.00. The Balaban J connectivity index is 2.49. The minimum atomic E-state index is -0.297. The fourth-order valence-corrected chi connectivity index (χ4v) is 1.14. The second-order valence-electron chi connectivity index (χ2n) is 3.10. The lowest BCUT2D eigenvalue weighted by molar-refractivity contribution is -0.139. The number of ether oxygens (including phenoxy) is 1. The fourth-order valence-electron chi connectivity index (χ4n) is 1.14. The molecule has 0 aliphatic rings. The number of hydrogen-bond acceptors (Lipinski definition) is 2. The van der Waals surface area contributed by atoms with Crippen molar-refractivity contribution in [2.24, 2.45) is 0 Å². The Morgan fingerprint density at radius 3 is 2.93 bits per heavy atom. The zero-order valence-electron chi connectivity index (χ0n) is 8.49. The number of rotatable bonds is 3. The highest BCUT2D eigenvalue weighted by Crippen LogP contribution is 2.05. The van der Waals surface area contributed by atoms with Gasteiger partial charge in [0.1, 0.15) is 6.61 Å². The molecule has 0 saturated heterocycles. The van der Waals surface area contributed by atoms with Gasteiger partial charge in [-0.1, -0.05) is 35.9 Å². The molecule has 74 valence electrons. The summed E-state index contributed by atoms with van der Waals surface area (Å²) in [4.78, 5) is 11.0. The van der Waals surface area contributed by atoms with Crippen LogP contribution < -0.4 is 0 Å². The molecule has 0 aliphatic heterocycles. The SMILES string of the molecule is CC=CC(=O)OCc1cccc(C)c1.